The van der Waals surface area contributed by atoms with Gasteiger partial charge in [-0.05, 0) is 61.5 Å². The molecule has 0 spiro atoms. The molecule has 20 heavy (non-hydrogen) atoms. The topological polar surface area (TPSA) is 107 Å². The zero-order valence-electron chi connectivity index (χ0n) is 10.7. The van der Waals surface area contributed by atoms with Gasteiger partial charge >= 0.3 is 0 Å². The van der Waals surface area contributed by atoms with Gasteiger partial charge in [-0.2, -0.15) is 9.98 Å². The van der Waals surface area contributed by atoms with E-state index >= 15 is 0 Å². The Morgan fingerprint density at radius 1 is 0.950 bits per heavy atom. The average Bonchev–Trinajstić information content (AvgIpc) is 2.36. The van der Waals surface area contributed by atoms with Gasteiger partial charge < -0.3 is 0 Å². The quantitative estimate of drug-likeness (QED) is 0.494. The van der Waals surface area contributed by atoms with Crippen LogP contribution in [-0.2, 0) is 9.59 Å². The third-order valence-electron chi connectivity index (χ3n) is 1.81. The number of hydrogen-bond acceptors (Lipinski definition) is 8. The van der Waals surface area contributed by atoms with Crippen LogP contribution in [0, 0.1) is 24.7 Å². The molecule has 0 aliphatic heterocycles. The van der Waals surface area contributed by atoms with Crippen LogP contribution in [0.5, 0.6) is 0 Å². The van der Waals surface area contributed by atoms with E-state index in [0.29, 0.717) is 0 Å². The number of isothiocyanates is 2. The Balaban J connectivity index is 0. The van der Waals surface area contributed by atoms with Gasteiger partial charge in [-0.15, -0.1) is 0 Å². The molecule has 0 saturated carbocycles. The Bertz CT molecular complexity index is 583. The second-order valence-electron chi connectivity index (χ2n) is 3.04. The number of benzene rings is 1. The van der Waals surface area contributed by atoms with Crippen LogP contribution in [0.15, 0.2) is 22.1 Å². The van der Waals surface area contributed by atoms with Gasteiger partial charge in [-0.25, -0.2) is 20.4 Å². The molecule has 0 saturated heterocycles. The minimum absolute atomic E-state index is 0.750. The zero-order valence-corrected chi connectivity index (χ0v) is 12.3. The van der Waals surface area contributed by atoms with E-state index in [1.807, 2.05) is 26.0 Å². The second-order valence-corrected chi connectivity index (χ2v) is 3.40. The Morgan fingerprint density at radius 3 is 1.60 bits per heavy atom. The molecule has 0 amide bonds. The molecule has 1 rings (SSSR count). The van der Waals surface area contributed by atoms with Crippen molar-refractivity contribution in [1.29, 1.82) is 10.8 Å². The maximum absolute atomic E-state index is 8.35. The highest BCUT2D eigenvalue weighted by Crippen LogP contribution is 2.28. The smallest absolute Gasteiger partial charge is 0.222 e. The van der Waals surface area contributed by atoms with Crippen molar-refractivity contribution >= 4 is 58.3 Å². The van der Waals surface area contributed by atoms with Crippen molar-refractivity contribution < 1.29 is 9.59 Å². The fraction of sp³-hybridized carbons (Fsp3) is 0.167. The molecule has 0 radical (unpaired) electrons. The first-order valence-electron chi connectivity index (χ1n) is 4.87. The van der Waals surface area contributed by atoms with Gasteiger partial charge in [0.2, 0.25) is 12.2 Å². The van der Waals surface area contributed by atoms with E-state index in [1.54, 1.807) is 0 Å². The monoisotopic (exact) mass is 306 g/mol. The molecule has 6 nitrogen and oxygen atoms in total. The van der Waals surface area contributed by atoms with Gasteiger partial charge in [0.25, 0.3) is 0 Å². The van der Waals surface area contributed by atoms with Crippen molar-refractivity contribution in [3.63, 3.8) is 0 Å². The highest BCUT2D eigenvalue weighted by Gasteiger charge is 2.02. The molecule has 0 aliphatic carbocycles. The number of hydrogen-bond donors (Lipinski definition) is 2. The predicted octanol–water partition coefficient (Wildman–Crippen LogP) is 3.57. The van der Waals surface area contributed by atoms with Crippen LogP contribution >= 0.6 is 24.4 Å². The third-order valence-corrected chi connectivity index (χ3v) is 1.99. The largest absolute Gasteiger partial charge is 0.231 e. The van der Waals surface area contributed by atoms with Gasteiger partial charge in [0.05, 0.1) is 21.7 Å². The fourth-order valence-corrected chi connectivity index (χ4v) is 1.47. The van der Waals surface area contributed by atoms with E-state index < -0.39 is 0 Å². The number of isocyanates is 2. The number of nitrogens with zero attached hydrogens (tertiary/aromatic N) is 2. The van der Waals surface area contributed by atoms with E-state index in [-0.39, 0.29) is 0 Å². The Labute approximate surface area is 126 Å². The molecule has 0 atom stereocenters. The van der Waals surface area contributed by atoms with E-state index in [1.165, 1.54) is 0 Å². The SMILES string of the molecule is Cc1cc(N=C=S)cc(C)c1N=C=S.N=C=O.N=C=O. The number of aliphatic imine (C=N–C) groups is 2. The summed E-state index contributed by atoms with van der Waals surface area (Å²) in [4.78, 5) is 24.6. The summed E-state index contributed by atoms with van der Waals surface area (Å²) in [6.07, 6.45) is 1.50. The molecule has 0 aliphatic rings. The van der Waals surface area contributed by atoms with Gasteiger partial charge in [0.15, 0.2) is 0 Å². The molecule has 2 N–H and O–H groups in total. The number of carbonyl (C=O) groups excluding carboxylic acids is 2. The maximum atomic E-state index is 8.35. The predicted molar refractivity (Wildman–Crippen MR) is 82.1 cm³/mol. The number of thiocarbonyl (C=S) groups is 2. The summed E-state index contributed by atoms with van der Waals surface area (Å²) >= 11 is 9.10. The lowest BCUT2D eigenvalue weighted by molar-refractivity contribution is 0.562. The molecule has 1 aromatic rings. The van der Waals surface area contributed by atoms with E-state index in [0.717, 1.165) is 34.7 Å². The van der Waals surface area contributed by atoms with Crippen LogP contribution in [-0.4, -0.2) is 22.5 Å². The molecular weight excluding hydrogens is 296 g/mol. The van der Waals surface area contributed by atoms with E-state index in [9.17, 15) is 0 Å². The van der Waals surface area contributed by atoms with Crippen molar-refractivity contribution in [3.05, 3.63) is 23.3 Å². The van der Waals surface area contributed by atoms with Gasteiger partial charge in [-0.1, -0.05) is 0 Å². The van der Waals surface area contributed by atoms with E-state index in [4.69, 9.17) is 20.4 Å². The van der Waals surface area contributed by atoms with Crippen molar-refractivity contribution in [2.45, 2.75) is 13.8 Å². The summed E-state index contributed by atoms with van der Waals surface area (Å²) in [5.74, 6) is 0. The molecule has 0 unspecified atom stereocenters. The van der Waals surface area contributed by atoms with Gasteiger partial charge in [0.1, 0.15) is 0 Å². The lowest BCUT2D eigenvalue weighted by Gasteiger charge is -2.03. The lowest BCUT2D eigenvalue weighted by atomic mass is 10.1. The first-order valence-corrected chi connectivity index (χ1v) is 5.68. The summed E-state index contributed by atoms with van der Waals surface area (Å²) in [5.41, 5.74) is 3.65. The molecule has 0 fully saturated rings. The van der Waals surface area contributed by atoms with Crippen LogP contribution in [0.25, 0.3) is 0 Å². The molecule has 8 heteroatoms. The van der Waals surface area contributed by atoms with Crippen molar-refractivity contribution in [2.24, 2.45) is 9.98 Å². The molecular formula is C12H10N4O2S2. The van der Waals surface area contributed by atoms with E-state index in [2.05, 4.69) is 44.7 Å². The Kier molecular flexibility index (Phi) is 13.0. The fourth-order valence-electron chi connectivity index (χ4n) is 1.27. The Hall–Kier alpha value is -2.42. The van der Waals surface area contributed by atoms with Crippen molar-refractivity contribution in [3.8, 4) is 0 Å². The van der Waals surface area contributed by atoms with Crippen LogP contribution in [0.2, 0.25) is 0 Å². The molecule has 1 aromatic carbocycles. The number of aryl methyl sites for hydroxylation is 2. The third kappa shape index (κ3) is 8.64. The molecule has 0 bridgehead atoms. The summed E-state index contributed by atoms with van der Waals surface area (Å²) in [5, 5.41) is 15.5. The van der Waals surface area contributed by atoms with Crippen molar-refractivity contribution in [2.75, 3.05) is 0 Å². The lowest BCUT2D eigenvalue weighted by Crippen LogP contribution is -1.80. The highest BCUT2D eigenvalue weighted by atomic mass is 32.1. The summed E-state index contributed by atoms with van der Waals surface area (Å²) < 4.78 is 0. The number of nitrogens with one attached hydrogen (secondary N) is 2. The first-order chi connectivity index (χ1) is 9.51. The standard InChI is InChI=1S/C10H8N2S2.2CHNO/c1-7-3-9(11-5-13)4-8(2)10(7)12-6-14;2*2-1-3/h3-4H,1-2H3;2*2H. The minimum Gasteiger partial charge on any atom is -0.222 e. The molecule has 0 aromatic heterocycles. The summed E-state index contributed by atoms with van der Waals surface area (Å²) in [7, 11) is 0. The van der Waals surface area contributed by atoms with Crippen molar-refractivity contribution in [1.82, 2.24) is 0 Å². The van der Waals surface area contributed by atoms with Gasteiger partial charge in [-0.3, -0.25) is 0 Å². The number of rotatable bonds is 2. The average molecular weight is 306 g/mol. The second kappa shape index (κ2) is 13.0. The summed E-state index contributed by atoms with van der Waals surface area (Å²) in [6, 6.07) is 3.77. The zero-order chi connectivity index (χ0) is 16.0. The van der Waals surface area contributed by atoms with Crippen LogP contribution < -0.4 is 0 Å². The Morgan fingerprint density at radius 2 is 1.30 bits per heavy atom. The maximum Gasteiger partial charge on any atom is 0.231 e. The molecule has 0 heterocycles. The van der Waals surface area contributed by atoms with Crippen LogP contribution in [0.1, 0.15) is 11.1 Å². The van der Waals surface area contributed by atoms with Crippen LogP contribution in [0.4, 0.5) is 11.4 Å². The molecule has 102 valence electrons. The van der Waals surface area contributed by atoms with Crippen LogP contribution in [0.3, 0.4) is 0 Å². The minimum atomic E-state index is 0.750. The highest BCUT2D eigenvalue weighted by molar-refractivity contribution is 7.78. The summed E-state index contributed by atoms with van der Waals surface area (Å²) in [6.45, 7) is 3.89. The first kappa shape index (κ1) is 19.9. The van der Waals surface area contributed by atoms with Gasteiger partial charge in [0, 0.05) is 0 Å². The normalized spacial score (nSPS) is 6.90.